The van der Waals surface area contributed by atoms with Gasteiger partial charge in [0.05, 0.1) is 21.9 Å². The monoisotopic (exact) mass is 404 g/mol. The Hall–Kier alpha value is -1.96. The van der Waals surface area contributed by atoms with E-state index in [0.29, 0.717) is 20.8 Å². The molecular formula is C19H11Cl3N2S. The van der Waals surface area contributed by atoms with E-state index in [1.165, 1.54) is 0 Å². The van der Waals surface area contributed by atoms with E-state index in [4.69, 9.17) is 34.8 Å². The minimum Gasteiger partial charge on any atom is -0.275 e. The highest BCUT2D eigenvalue weighted by Gasteiger charge is 2.06. The molecule has 25 heavy (non-hydrogen) atoms. The lowest BCUT2D eigenvalue weighted by molar-refractivity contribution is 1.35. The molecule has 2 nitrogen and oxygen atoms in total. The van der Waals surface area contributed by atoms with E-state index in [1.54, 1.807) is 29.7 Å². The van der Waals surface area contributed by atoms with Crippen LogP contribution in [-0.4, -0.2) is 6.21 Å². The highest BCUT2D eigenvalue weighted by molar-refractivity contribution is 7.11. The van der Waals surface area contributed by atoms with Crippen LogP contribution in [0.3, 0.4) is 0 Å². The molecule has 0 radical (unpaired) electrons. The van der Waals surface area contributed by atoms with E-state index in [-0.39, 0.29) is 0 Å². The Kier molecular flexibility index (Phi) is 6.01. The van der Waals surface area contributed by atoms with Gasteiger partial charge in [0.1, 0.15) is 0 Å². The second-order valence-electron chi connectivity index (χ2n) is 4.97. The van der Waals surface area contributed by atoms with E-state index >= 15 is 0 Å². The van der Waals surface area contributed by atoms with Crippen LogP contribution >= 0.6 is 46.1 Å². The molecule has 0 bridgehead atoms. The molecule has 0 amide bonds. The van der Waals surface area contributed by atoms with E-state index in [9.17, 15) is 0 Å². The van der Waals surface area contributed by atoms with Crippen molar-refractivity contribution in [2.45, 2.75) is 0 Å². The van der Waals surface area contributed by atoms with Gasteiger partial charge in [-0.2, -0.15) is 5.10 Å². The van der Waals surface area contributed by atoms with Crippen molar-refractivity contribution in [3.8, 4) is 11.8 Å². The van der Waals surface area contributed by atoms with Crippen molar-refractivity contribution in [2.75, 3.05) is 5.43 Å². The fourth-order valence-corrected chi connectivity index (χ4v) is 3.56. The number of thiophene rings is 1. The van der Waals surface area contributed by atoms with Gasteiger partial charge in [-0.05, 0) is 30.3 Å². The summed E-state index contributed by atoms with van der Waals surface area (Å²) in [4.78, 5) is 0.964. The summed E-state index contributed by atoms with van der Waals surface area (Å²) in [7, 11) is 0. The lowest BCUT2D eigenvalue weighted by atomic mass is 10.2. The molecule has 124 valence electrons. The molecule has 1 heterocycles. The first-order valence-electron chi connectivity index (χ1n) is 7.21. The van der Waals surface area contributed by atoms with Crippen LogP contribution in [0, 0.1) is 11.8 Å². The van der Waals surface area contributed by atoms with Crippen molar-refractivity contribution in [3.05, 3.63) is 85.0 Å². The maximum absolute atomic E-state index is 6.10. The predicted molar refractivity (Wildman–Crippen MR) is 109 cm³/mol. The van der Waals surface area contributed by atoms with E-state index in [0.717, 1.165) is 16.0 Å². The Morgan fingerprint density at radius 3 is 2.32 bits per heavy atom. The lowest BCUT2D eigenvalue weighted by Gasteiger charge is -2.06. The Balaban J connectivity index is 1.68. The van der Waals surface area contributed by atoms with Gasteiger partial charge in [0, 0.05) is 26.4 Å². The first-order valence-corrected chi connectivity index (χ1v) is 9.22. The zero-order valence-electron chi connectivity index (χ0n) is 12.8. The molecule has 0 aliphatic heterocycles. The molecule has 3 aromatic rings. The number of benzene rings is 2. The Morgan fingerprint density at radius 2 is 1.60 bits per heavy atom. The summed E-state index contributed by atoms with van der Waals surface area (Å²) in [6.07, 6.45) is 1.69. The molecule has 0 aliphatic carbocycles. The lowest BCUT2D eigenvalue weighted by Crippen LogP contribution is -1.91. The standard InChI is InChI=1S/C19H11Cl3N2S/c20-15-9-17(21)19(18(22)10-15)24-23-11-16-8-14(12-25-16)7-6-13-4-2-1-3-5-13/h1-5,8-12,24H/b23-11+. The second kappa shape index (κ2) is 8.42. The van der Waals surface area contributed by atoms with Crippen molar-refractivity contribution < 1.29 is 0 Å². The molecule has 0 saturated heterocycles. The Morgan fingerprint density at radius 1 is 0.920 bits per heavy atom. The molecule has 0 unspecified atom stereocenters. The van der Waals surface area contributed by atoms with Gasteiger partial charge in [0.2, 0.25) is 0 Å². The number of halogens is 3. The molecule has 0 atom stereocenters. The topological polar surface area (TPSA) is 24.4 Å². The number of anilines is 1. The molecule has 0 spiro atoms. The second-order valence-corrected chi connectivity index (χ2v) is 7.16. The largest absolute Gasteiger partial charge is 0.275 e. The van der Waals surface area contributed by atoms with Crippen LogP contribution in [0.25, 0.3) is 0 Å². The average molecular weight is 406 g/mol. The summed E-state index contributed by atoms with van der Waals surface area (Å²) >= 11 is 19.6. The van der Waals surface area contributed by atoms with Crippen molar-refractivity contribution in [2.24, 2.45) is 5.10 Å². The van der Waals surface area contributed by atoms with Crippen LogP contribution in [0.15, 0.2) is 59.0 Å². The van der Waals surface area contributed by atoms with Crippen LogP contribution < -0.4 is 5.43 Å². The summed E-state index contributed by atoms with van der Waals surface area (Å²) in [6.45, 7) is 0. The van der Waals surface area contributed by atoms with Crippen LogP contribution in [0.5, 0.6) is 0 Å². The zero-order chi connectivity index (χ0) is 17.6. The number of hydrazone groups is 1. The van der Waals surface area contributed by atoms with Crippen molar-refractivity contribution in [1.29, 1.82) is 0 Å². The number of hydrogen-bond donors (Lipinski definition) is 1. The summed E-state index contributed by atoms with van der Waals surface area (Å²) in [5, 5.41) is 7.46. The molecule has 0 aliphatic rings. The maximum atomic E-state index is 6.10. The van der Waals surface area contributed by atoms with Gasteiger partial charge in [-0.15, -0.1) is 11.3 Å². The van der Waals surface area contributed by atoms with Gasteiger partial charge in [-0.1, -0.05) is 64.8 Å². The van der Waals surface area contributed by atoms with Gasteiger partial charge in [0.15, 0.2) is 0 Å². The molecule has 1 aromatic heterocycles. The smallest absolute Gasteiger partial charge is 0.0935 e. The summed E-state index contributed by atoms with van der Waals surface area (Å²) < 4.78 is 0. The SMILES string of the molecule is Clc1cc(Cl)c(N/N=C/c2cc(C#Cc3ccccc3)cs2)c(Cl)c1. The Bertz CT molecular complexity index is 946. The highest BCUT2D eigenvalue weighted by atomic mass is 35.5. The fraction of sp³-hybridized carbons (Fsp3) is 0. The van der Waals surface area contributed by atoms with Crippen LogP contribution in [0.1, 0.15) is 16.0 Å². The van der Waals surface area contributed by atoms with Crippen molar-refractivity contribution in [1.82, 2.24) is 0 Å². The number of nitrogens with zero attached hydrogens (tertiary/aromatic N) is 1. The molecule has 0 fully saturated rings. The molecule has 1 N–H and O–H groups in total. The van der Waals surface area contributed by atoms with Crippen LogP contribution in [-0.2, 0) is 0 Å². The van der Waals surface area contributed by atoms with Crippen molar-refractivity contribution >= 4 is 58.0 Å². The van der Waals surface area contributed by atoms with E-state index in [1.807, 2.05) is 41.8 Å². The van der Waals surface area contributed by atoms with E-state index < -0.39 is 0 Å². The third-order valence-electron chi connectivity index (χ3n) is 3.12. The highest BCUT2D eigenvalue weighted by Crippen LogP contribution is 2.33. The Labute approximate surface area is 165 Å². The number of hydrogen-bond acceptors (Lipinski definition) is 3. The minimum absolute atomic E-state index is 0.412. The van der Waals surface area contributed by atoms with Crippen LogP contribution in [0.2, 0.25) is 15.1 Å². The van der Waals surface area contributed by atoms with Gasteiger partial charge in [0.25, 0.3) is 0 Å². The molecular weight excluding hydrogens is 395 g/mol. The van der Waals surface area contributed by atoms with Gasteiger partial charge in [-0.25, -0.2) is 0 Å². The number of rotatable bonds is 3. The molecule has 2 aromatic carbocycles. The summed E-state index contributed by atoms with van der Waals surface area (Å²) in [5.41, 5.74) is 5.29. The minimum atomic E-state index is 0.412. The maximum Gasteiger partial charge on any atom is 0.0935 e. The number of nitrogens with one attached hydrogen (secondary N) is 1. The normalized spacial score (nSPS) is 10.5. The summed E-state index contributed by atoms with van der Waals surface area (Å²) in [5.74, 6) is 6.26. The third-order valence-corrected chi connectivity index (χ3v) is 4.80. The first kappa shape index (κ1) is 17.8. The average Bonchev–Trinajstić information content (AvgIpc) is 3.04. The van der Waals surface area contributed by atoms with Crippen molar-refractivity contribution in [3.63, 3.8) is 0 Å². The summed E-state index contributed by atoms with van der Waals surface area (Å²) in [6, 6.07) is 15.0. The molecule has 0 saturated carbocycles. The van der Waals surface area contributed by atoms with E-state index in [2.05, 4.69) is 22.4 Å². The van der Waals surface area contributed by atoms with Gasteiger partial charge in [-0.3, -0.25) is 5.43 Å². The van der Waals surface area contributed by atoms with Crippen LogP contribution in [0.4, 0.5) is 5.69 Å². The van der Waals surface area contributed by atoms with Gasteiger partial charge >= 0.3 is 0 Å². The predicted octanol–water partition coefficient (Wildman–Crippen LogP) is 6.55. The third kappa shape index (κ3) is 5.01. The molecule has 3 rings (SSSR count). The fourth-order valence-electron chi connectivity index (χ4n) is 1.96. The first-order chi connectivity index (χ1) is 12.1. The molecule has 6 heteroatoms. The zero-order valence-corrected chi connectivity index (χ0v) is 15.8. The quantitative estimate of drug-likeness (QED) is 0.298. The van der Waals surface area contributed by atoms with Gasteiger partial charge < -0.3 is 0 Å².